The van der Waals surface area contributed by atoms with Crippen molar-refractivity contribution in [3.8, 4) is 0 Å². The van der Waals surface area contributed by atoms with Gasteiger partial charge in [-0.1, -0.05) is 50.6 Å². The molecule has 3 saturated carbocycles. The molecule has 268 valence electrons. The van der Waals surface area contributed by atoms with Gasteiger partial charge in [0.15, 0.2) is 5.79 Å². The number of rotatable bonds is 5. The number of allylic oxidation sites excluding steroid dienone is 1. The maximum Gasteiger partial charge on any atom is 0.456 e. The minimum Gasteiger partial charge on any atom is -0.445 e. The zero-order valence-electron chi connectivity index (χ0n) is 28.3. The number of benzene rings is 1. The lowest BCUT2D eigenvalue weighted by atomic mass is 9.49. The zero-order chi connectivity index (χ0) is 35.1. The van der Waals surface area contributed by atoms with Crippen LogP contribution in [0.2, 0.25) is 0 Å². The molecule has 12 heteroatoms. The van der Waals surface area contributed by atoms with Gasteiger partial charge in [-0.25, -0.2) is 4.79 Å². The predicted octanol–water partition coefficient (Wildman–Crippen LogP) is 7.54. The molecule has 4 aliphatic carbocycles. The van der Waals surface area contributed by atoms with Gasteiger partial charge < -0.3 is 29.7 Å². The summed E-state index contributed by atoms with van der Waals surface area (Å²) >= 11 is 0. The van der Waals surface area contributed by atoms with Crippen LogP contribution in [0.4, 0.5) is 26.7 Å². The second-order valence-corrected chi connectivity index (χ2v) is 16.3. The van der Waals surface area contributed by atoms with Gasteiger partial charge in [0, 0.05) is 35.6 Å². The lowest BCUT2D eigenvalue weighted by Crippen LogP contribution is -2.65. The van der Waals surface area contributed by atoms with E-state index in [4.69, 9.17) is 14.2 Å². The van der Waals surface area contributed by atoms with E-state index in [1.807, 2.05) is 13.8 Å². The molecule has 48 heavy (non-hydrogen) atoms. The Labute approximate surface area is 278 Å². The van der Waals surface area contributed by atoms with Gasteiger partial charge >= 0.3 is 18.2 Å². The minimum atomic E-state index is -5.92. The van der Waals surface area contributed by atoms with Crippen LogP contribution in [0.5, 0.6) is 0 Å². The number of carbonyl (C=O) groups is 1. The normalized spacial score (nSPS) is 36.0. The van der Waals surface area contributed by atoms with Crippen molar-refractivity contribution in [2.24, 2.45) is 22.7 Å². The van der Waals surface area contributed by atoms with Gasteiger partial charge in [0.25, 0.3) is 0 Å². The van der Waals surface area contributed by atoms with E-state index in [0.717, 1.165) is 11.1 Å². The van der Waals surface area contributed by atoms with Crippen molar-refractivity contribution in [3.63, 3.8) is 0 Å². The van der Waals surface area contributed by atoms with Crippen molar-refractivity contribution >= 4 is 6.09 Å². The van der Waals surface area contributed by atoms with Crippen molar-refractivity contribution in [1.82, 2.24) is 5.32 Å². The molecule has 0 unspecified atom stereocenters. The van der Waals surface area contributed by atoms with Gasteiger partial charge in [0.05, 0.1) is 18.8 Å². The number of carbonyl (C=O) groups excluding carboxylic acids is 1. The SMILES string of the molecule is CC(C)NC(=O)OCc1ccc([C@H]2C[C@@]3(C)[C@@H](CC[C@@]3(O)C(F)(F)C(F)(F)F)[C@@H]3CC[C@@]4(O)CC5(CCC4=C32)OCC(C)(C)CO5)cc1. The fourth-order valence-electron chi connectivity index (χ4n) is 9.58. The molecule has 7 nitrogen and oxygen atoms in total. The first kappa shape index (κ1) is 35.5. The van der Waals surface area contributed by atoms with Crippen LogP contribution in [-0.4, -0.2) is 64.6 Å². The summed E-state index contributed by atoms with van der Waals surface area (Å²) in [6.45, 7) is 10.0. The van der Waals surface area contributed by atoms with Crippen LogP contribution in [0, 0.1) is 22.7 Å². The summed E-state index contributed by atoms with van der Waals surface area (Å²) in [6, 6.07) is 6.94. The Kier molecular flexibility index (Phi) is 8.61. The first-order valence-electron chi connectivity index (χ1n) is 17.1. The van der Waals surface area contributed by atoms with Gasteiger partial charge in [0.2, 0.25) is 0 Å². The van der Waals surface area contributed by atoms with Crippen LogP contribution in [0.1, 0.15) is 103 Å². The summed E-state index contributed by atoms with van der Waals surface area (Å²) in [5.74, 6) is -7.93. The number of aliphatic hydroxyl groups is 2. The summed E-state index contributed by atoms with van der Waals surface area (Å²) in [6.07, 6.45) is -5.51. The maximum absolute atomic E-state index is 15.4. The molecule has 6 rings (SSSR count). The molecule has 0 bridgehead atoms. The highest BCUT2D eigenvalue weighted by Crippen LogP contribution is 2.71. The molecule has 0 aromatic heterocycles. The molecule has 4 fully saturated rings. The molecule has 1 saturated heterocycles. The predicted molar refractivity (Wildman–Crippen MR) is 166 cm³/mol. The Morgan fingerprint density at radius 2 is 1.65 bits per heavy atom. The number of nitrogens with one attached hydrogen (secondary N) is 1. The van der Waals surface area contributed by atoms with E-state index in [1.165, 1.54) is 6.92 Å². The molecular weight excluding hydrogens is 637 g/mol. The minimum absolute atomic E-state index is 0.0178. The summed E-state index contributed by atoms with van der Waals surface area (Å²) in [4.78, 5) is 12.0. The van der Waals surface area contributed by atoms with Crippen LogP contribution in [0.3, 0.4) is 0 Å². The molecule has 1 heterocycles. The van der Waals surface area contributed by atoms with E-state index in [2.05, 4.69) is 5.32 Å². The maximum atomic E-state index is 15.4. The summed E-state index contributed by atoms with van der Waals surface area (Å²) in [7, 11) is 0. The largest absolute Gasteiger partial charge is 0.456 e. The van der Waals surface area contributed by atoms with Gasteiger partial charge in [-0.15, -0.1) is 0 Å². The third-order valence-electron chi connectivity index (χ3n) is 12.1. The molecule has 1 aliphatic heterocycles. The van der Waals surface area contributed by atoms with Gasteiger partial charge in [0.1, 0.15) is 12.2 Å². The van der Waals surface area contributed by atoms with E-state index in [0.29, 0.717) is 43.6 Å². The van der Waals surface area contributed by atoms with E-state index in [1.54, 1.807) is 38.1 Å². The highest BCUT2D eigenvalue weighted by molar-refractivity contribution is 5.67. The first-order valence-corrected chi connectivity index (χ1v) is 17.1. The summed E-state index contributed by atoms with van der Waals surface area (Å²) in [5.41, 5.74) is -3.50. The monoisotopic (exact) mass is 685 g/mol. The summed E-state index contributed by atoms with van der Waals surface area (Å²) in [5, 5.41) is 26.5. The van der Waals surface area contributed by atoms with E-state index >= 15 is 8.78 Å². The van der Waals surface area contributed by atoms with Gasteiger partial charge in [-0.05, 0) is 80.9 Å². The second kappa shape index (κ2) is 11.6. The Bertz CT molecular complexity index is 1430. The highest BCUT2D eigenvalue weighted by Gasteiger charge is 2.79. The molecule has 3 N–H and O–H groups in total. The van der Waals surface area contributed by atoms with E-state index in [9.17, 15) is 28.2 Å². The van der Waals surface area contributed by atoms with Crippen LogP contribution in [0.25, 0.3) is 0 Å². The van der Waals surface area contributed by atoms with Crippen molar-refractivity contribution in [2.75, 3.05) is 13.2 Å². The third kappa shape index (κ3) is 5.66. The fraction of sp³-hybridized carbons (Fsp3) is 0.750. The van der Waals surface area contributed by atoms with Gasteiger partial charge in [-0.3, -0.25) is 0 Å². The number of alkyl carbamates (subject to hydrolysis) is 1. The Morgan fingerprint density at radius 3 is 2.25 bits per heavy atom. The fourth-order valence-corrected chi connectivity index (χ4v) is 9.58. The Hall–Kier alpha value is -2.28. The van der Waals surface area contributed by atoms with Crippen molar-refractivity contribution < 1.29 is 51.2 Å². The molecule has 1 amide bonds. The van der Waals surface area contributed by atoms with Crippen LogP contribution >= 0.6 is 0 Å². The number of halogens is 5. The second-order valence-electron chi connectivity index (χ2n) is 16.3. The van der Waals surface area contributed by atoms with Crippen molar-refractivity contribution in [2.45, 2.75) is 134 Å². The average molecular weight is 686 g/mol. The zero-order valence-corrected chi connectivity index (χ0v) is 28.3. The third-order valence-corrected chi connectivity index (χ3v) is 12.1. The van der Waals surface area contributed by atoms with E-state index < -0.39 is 64.8 Å². The van der Waals surface area contributed by atoms with Crippen LogP contribution < -0.4 is 5.32 Å². The number of hydrogen-bond acceptors (Lipinski definition) is 6. The highest BCUT2D eigenvalue weighted by atomic mass is 19.4. The van der Waals surface area contributed by atoms with E-state index in [-0.39, 0.29) is 43.7 Å². The molecular formula is C36H48F5NO6. The Balaban J connectivity index is 1.39. The van der Waals surface area contributed by atoms with Crippen molar-refractivity contribution in [1.29, 1.82) is 0 Å². The number of hydrogen-bond donors (Lipinski definition) is 3. The molecule has 1 spiro atoms. The molecule has 0 radical (unpaired) electrons. The standard InChI is InChI=1S/C36H48F5NO6/c1-21(2)42-29(43)46-17-22-6-8-23(9-7-22)25-16-31(5)26(12-15-34(31,45)35(37,38)36(39,40)41)24-10-13-32(44)18-33(14-11-27(32)28(24)25)47-19-30(3,4)20-48-33/h6-9,21,24-26,44-45H,10-20H2,1-5H3,(H,42,43)/t24-,25+,26-,31-,32+,34-/m0/s1. The molecule has 6 atom stereocenters. The molecule has 5 aliphatic rings. The summed E-state index contributed by atoms with van der Waals surface area (Å²) < 4.78 is 90.3. The topological polar surface area (TPSA) is 97.3 Å². The smallest absolute Gasteiger partial charge is 0.445 e. The quantitative estimate of drug-likeness (QED) is 0.219. The molecule has 1 aromatic carbocycles. The lowest BCUT2D eigenvalue weighted by molar-refractivity contribution is -0.362. The number of fused-ring (bicyclic) bond motifs is 4. The number of alkyl halides is 5. The first-order chi connectivity index (χ1) is 22.2. The molecule has 1 aromatic rings. The van der Waals surface area contributed by atoms with Crippen LogP contribution in [0.15, 0.2) is 35.4 Å². The van der Waals surface area contributed by atoms with Crippen molar-refractivity contribution in [3.05, 3.63) is 46.5 Å². The lowest BCUT2D eigenvalue weighted by Gasteiger charge is -2.59. The van der Waals surface area contributed by atoms with Crippen LogP contribution in [-0.2, 0) is 20.8 Å². The average Bonchev–Trinajstić information content (AvgIpc) is 3.27. The van der Waals surface area contributed by atoms with Gasteiger partial charge in [-0.2, -0.15) is 22.0 Å². The number of ether oxygens (including phenoxy) is 3. The number of amides is 1. The Morgan fingerprint density at radius 1 is 1.00 bits per heavy atom.